The van der Waals surface area contributed by atoms with Crippen LogP contribution in [0, 0.1) is 17.8 Å². The Bertz CT molecular complexity index is 1630. The number of aliphatic carboxylic acids is 1. The zero-order valence-electron chi connectivity index (χ0n) is 30.2. The molecule has 12 heteroatoms. The molecule has 51 heavy (non-hydrogen) atoms. The topological polar surface area (TPSA) is 183 Å². The highest BCUT2D eigenvalue weighted by Crippen LogP contribution is 2.20. The van der Waals surface area contributed by atoms with E-state index in [9.17, 15) is 34.2 Å². The van der Waals surface area contributed by atoms with Gasteiger partial charge in [0.05, 0.1) is 18.6 Å². The Balaban J connectivity index is 1.70. The number of carboxylic acids is 1. The number of hydrogen-bond acceptors (Lipinski definition) is 7. The number of hydrogen-bond donors (Lipinski definition) is 6. The van der Waals surface area contributed by atoms with E-state index in [2.05, 4.69) is 21.3 Å². The zero-order valence-corrected chi connectivity index (χ0v) is 30.2. The fraction of sp³-hybridized carbons (Fsp3) is 0.462. The Hall–Kier alpha value is -4.97. The van der Waals surface area contributed by atoms with Crippen LogP contribution in [-0.2, 0) is 30.4 Å². The van der Waals surface area contributed by atoms with Crippen molar-refractivity contribution in [2.45, 2.75) is 91.1 Å². The summed E-state index contributed by atoms with van der Waals surface area (Å²) < 4.78 is 5.71. The Morgan fingerprint density at radius 2 is 1.27 bits per heavy atom. The Labute approximate surface area is 299 Å². The SMILES string of the molecule is CC[C@H](C)[C@H](NC(=O)C[C@H](O)[C@H](Cc1ccccc1)NC(=O)C(NC(=O)COc1ccc2ccccc2c1)C(C)C)C(=O)NC(C(=O)O)C(C)C. The van der Waals surface area contributed by atoms with Crippen molar-refractivity contribution in [3.63, 3.8) is 0 Å². The molecular formula is C39H52N4O8. The second-order valence-electron chi connectivity index (χ2n) is 13.7. The maximum atomic E-state index is 13.7. The van der Waals surface area contributed by atoms with Gasteiger partial charge in [0.2, 0.25) is 17.7 Å². The van der Waals surface area contributed by atoms with Gasteiger partial charge in [0.25, 0.3) is 5.91 Å². The highest BCUT2D eigenvalue weighted by molar-refractivity contribution is 5.91. The lowest BCUT2D eigenvalue weighted by Crippen LogP contribution is -2.57. The predicted octanol–water partition coefficient (Wildman–Crippen LogP) is 3.59. The van der Waals surface area contributed by atoms with E-state index in [0.717, 1.165) is 16.3 Å². The summed E-state index contributed by atoms with van der Waals surface area (Å²) in [5.41, 5.74) is 0.793. The van der Waals surface area contributed by atoms with Gasteiger partial charge in [-0.25, -0.2) is 4.79 Å². The molecule has 0 aromatic heterocycles. The van der Waals surface area contributed by atoms with Crippen molar-refractivity contribution in [1.82, 2.24) is 21.3 Å². The first-order valence-corrected chi connectivity index (χ1v) is 17.5. The van der Waals surface area contributed by atoms with Gasteiger partial charge in [0.1, 0.15) is 23.9 Å². The minimum atomic E-state index is -1.38. The zero-order chi connectivity index (χ0) is 37.7. The Kier molecular flexibility index (Phi) is 15.4. The first-order chi connectivity index (χ1) is 24.2. The molecule has 0 aliphatic rings. The third-order valence-electron chi connectivity index (χ3n) is 8.88. The van der Waals surface area contributed by atoms with Crippen molar-refractivity contribution >= 4 is 40.4 Å². The molecule has 0 saturated heterocycles. The molecule has 0 spiro atoms. The highest BCUT2D eigenvalue weighted by Gasteiger charge is 2.34. The smallest absolute Gasteiger partial charge is 0.326 e. The van der Waals surface area contributed by atoms with Gasteiger partial charge < -0.3 is 36.2 Å². The van der Waals surface area contributed by atoms with Gasteiger partial charge in [-0.05, 0) is 52.6 Å². The third kappa shape index (κ3) is 12.4. The van der Waals surface area contributed by atoms with Crippen LogP contribution in [0.15, 0.2) is 72.8 Å². The number of rotatable bonds is 19. The summed E-state index contributed by atoms with van der Waals surface area (Å²) in [5, 5.41) is 33.7. The Morgan fingerprint density at radius 1 is 0.686 bits per heavy atom. The molecule has 0 aliphatic carbocycles. The number of amides is 4. The number of carbonyl (C=O) groups is 5. The van der Waals surface area contributed by atoms with E-state index in [1.807, 2.05) is 73.7 Å². The average Bonchev–Trinajstić information content (AvgIpc) is 3.09. The highest BCUT2D eigenvalue weighted by atomic mass is 16.5. The van der Waals surface area contributed by atoms with Crippen molar-refractivity contribution in [3.05, 3.63) is 78.4 Å². The molecule has 3 aromatic rings. The maximum absolute atomic E-state index is 13.7. The monoisotopic (exact) mass is 704 g/mol. The minimum Gasteiger partial charge on any atom is -0.484 e. The summed E-state index contributed by atoms with van der Waals surface area (Å²) in [6.07, 6.45) is -1.14. The van der Waals surface area contributed by atoms with E-state index in [1.165, 1.54) is 0 Å². The van der Waals surface area contributed by atoms with Crippen molar-refractivity contribution in [2.24, 2.45) is 17.8 Å². The number of carboxylic acid groups (broad SMARTS) is 1. The summed E-state index contributed by atoms with van der Waals surface area (Å²) in [4.78, 5) is 64.8. The van der Waals surface area contributed by atoms with Gasteiger partial charge in [-0.2, -0.15) is 0 Å². The molecule has 0 heterocycles. The molecule has 6 atom stereocenters. The van der Waals surface area contributed by atoms with E-state index < -0.39 is 66.3 Å². The molecular weight excluding hydrogens is 652 g/mol. The van der Waals surface area contributed by atoms with Crippen molar-refractivity contribution in [2.75, 3.05) is 6.61 Å². The van der Waals surface area contributed by atoms with E-state index in [4.69, 9.17) is 4.74 Å². The lowest BCUT2D eigenvalue weighted by atomic mass is 9.95. The number of nitrogens with one attached hydrogen (secondary N) is 4. The number of carbonyl (C=O) groups excluding carboxylic acids is 4. The lowest BCUT2D eigenvalue weighted by Gasteiger charge is -2.29. The molecule has 0 bridgehead atoms. The second-order valence-corrected chi connectivity index (χ2v) is 13.7. The number of aliphatic hydroxyl groups is 1. The van der Waals surface area contributed by atoms with Crippen molar-refractivity contribution in [1.29, 1.82) is 0 Å². The lowest BCUT2D eigenvalue weighted by molar-refractivity contribution is -0.143. The molecule has 12 nitrogen and oxygen atoms in total. The van der Waals surface area contributed by atoms with E-state index in [0.29, 0.717) is 12.2 Å². The van der Waals surface area contributed by atoms with Gasteiger partial charge >= 0.3 is 5.97 Å². The summed E-state index contributed by atoms with van der Waals surface area (Å²) in [7, 11) is 0. The molecule has 3 aromatic carbocycles. The fourth-order valence-corrected chi connectivity index (χ4v) is 5.60. The third-order valence-corrected chi connectivity index (χ3v) is 8.88. The van der Waals surface area contributed by atoms with Crippen LogP contribution in [0.5, 0.6) is 5.75 Å². The average molecular weight is 705 g/mol. The van der Waals surface area contributed by atoms with Crippen LogP contribution < -0.4 is 26.0 Å². The predicted molar refractivity (Wildman–Crippen MR) is 195 cm³/mol. The van der Waals surface area contributed by atoms with Gasteiger partial charge in [-0.1, -0.05) is 109 Å². The van der Waals surface area contributed by atoms with Crippen molar-refractivity contribution < 1.29 is 38.9 Å². The standard InChI is InChI=1S/C39H52N4O8/c1-7-25(6)36(38(48)43-35(24(4)5)39(49)50)41-32(45)21-31(44)30(19-26-13-9-8-10-14-26)40-37(47)34(23(2)3)42-33(46)22-51-29-18-17-27-15-11-12-16-28(27)20-29/h8-18,20,23-25,30-31,34-36,44H,7,19,21-22H2,1-6H3,(H,40,47)(H,41,45)(H,42,46)(H,43,48)(H,49,50)/t25-,30-,31-,34?,35?,36-/m0/s1. The number of aliphatic hydroxyl groups excluding tert-OH is 1. The molecule has 0 radical (unpaired) electrons. The van der Waals surface area contributed by atoms with Gasteiger partial charge in [-0.15, -0.1) is 0 Å². The van der Waals surface area contributed by atoms with Crippen LogP contribution in [-0.4, -0.2) is 76.7 Å². The first-order valence-electron chi connectivity index (χ1n) is 17.5. The van der Waals surface area contributed by atoms with Gasteiger partial charge in [0.15, 0.2) is 6.61 Å². The summed E-state index contributed by atoms with van der Waals surface area (Å²) in [5.74, 6) is -4.07. The molecule has 276 valence electrons. The van der Waals surface area contributed by atoms with E-state index >= 15 is 0 Å². The second kappa shape index (κ2) is 19.4. The molecule has 6 N–H and O–H groups in total. The maximum Gasteiger partial charge on any atom is 0.326 e. The van der Waals surface area contributed by atoms with Crippen LogP contribution in [0.2, 0.25) is 0 Å². The number of ether oxygens (including phenoxy) is 1. The van der Waals surface area contributed by atoms with Crippen LogP contribution in [0.4, 0.5) is 0 Å². The fourth-order valence-electron chi connectivity index (χ4n) is 5.60. The van der Waals surface area contributed by atoms with E-state index in [-0.39, 0.29) is 30.8 Å². The van der Waals surface area contributed by atoms with E-state index in [1.54, 1.807) is 40.7 Å². The summed E-state index contributed by atoms with van der Waals surface area (Å²) in [6.45, 7) is 10.2. The molecule has 0 aliphatic heterocycles. The van der Waals surface area contributed by atoms with Crippen molar-refractivity contribution in [3.8, 4) is 5.75 Å². The number of benzene rings is 3. The minimum absolute atomic E-state index is 0.175. The van der Waals surface area contributed by atoms with Gasteiger partial charge in [-0.3, -0.25) is 19.2 Å². The quantitative estimate of drug-likeness (QED) is 0.109. The normalized spacial score (nSPS) is 14.8. The number of fused-ring (bicyclic) bond motifs is 1. The van der Waals surface area contributed by atoms with Crippen LogP contribution in [0.3, 0.4) is 0 Å². The molecule has 4 amide bonds. The molecule has 0 saturated carbocycles. The Morgan fingerprint density at radius 3 is 1.88 bits per heavy atom. The molecule has 3 rings (SSSR count). The molecule has 0 fully saturated rings. The van der Waals surface area contributed by atoms with Crippen LogP contribution >= 0.6 is 0 Å². The van der Waals surface area contributed by atoms with Crippen LogP contribution in [0.25, 0.3) is 10.8 Å². The summed E-state index contributed by atoms with van der Waals surface area (Å²) >= 11 is 0. The van der Waals surface area contributed by atoms with Gasteiger partial charge in [0, 0.05) is 0 Å². The first kappa shape index (κ1) is 40.5. The summed E-state index contributed by atoms with van der Waals surface area (Å²) in [6, 6.07) is 18.3. The largest absolute Gasteiger partial charge is 0.484 e. The van der Waals surface area contributed by atoms with Crippen LogP contribution in [0.1, 0.15) is 59.9 Å². The molecule has 2 unspecified atom stereocenters.